The van der Waals surface area contributed by atoms with Gasteiger partial charge in [0.05, 0.1) is 6.61 Å². The van der Waals surface area contributed by atoms with E-state index in [-0.39, 0.29) is 35.4 Å². The van der Waals surface area contributed by atoms with Crippen LogP contribution in [0.25, 0.3) is 0 Å². The van der Waals surface area contributed by atoms with Gasteiger partial charge in [-0.25, -0.2) is 0 Å². The zero-order valence-corrected chi connectivity index (χ0v) is 16.9. The van der Waals surface area contributed by atoms with Gasteiger partial charge in [-0.2, -0.15) is 0 Å². The first-order chi connectivity index (χ1) is 9.89. The lowest BCUT2D eigenvalue weighted by Gasteiger charge is -2.28. The first-order valence-electron chi connectivity index (χ1n) is 7.42. The number of hydrogen-bond donors (Lipinski definition) is 2. The molecule has 1 unspecified atom stereocenters. The highest BCUT2D eigenvalue weighted by Gasteiger charge is 2.21. The minimum Gasteiger partial charge on any atom is -0.383 e. The molecule has 0 amide bonds. The second kappa shape index (κ2) is 10.0. The van der Waals surface area contributed by atoms with E-state index < -0.39 is 0 Å². The number of benzene rings is 1. The number of nitrogens with one attached hydrogen (secondary N) is 2. The van der Waals surface area contributed by atoms with Gasteiger partial charge in [-0.3, -0.25) is 4.99 Å². The Balaban J connectivity index is 0.00000441. The molecular weight excluding hydrogens is 389 g/mol. The molecule has 0 aliphatic heterocycles. The number of hydrogen-bond acceptors (Lipinski definition) is 2. The molecule has 2 N–H and O–H groups in total. The fourth-order valence-electron chi connectivity index (χ4n) is 2.19. The number of aryl methyl sites for hydroxylation is 1. The molecule has 0 radical (unpaired) electrons. The quantitative estimate of drug-likeness (QED) is 0.423. The number of ether oxygens (including phenoxy) is 1. The maximum atomic E-state index is 5.13. The van der Waals surface area contributed by atoms with Crippen LogP contribution in [0.4, 0.5) is 0 Å². The van der Waals surface area contributed by atoms with Crippen LogP contribution < -0.4 is 10.6 Å². The minimum absolute atomic E-state index is 0. The minimum atomic E-state index is 0. The average Bonchev–Trinajstić information content (AvgIpc) is 2.43. The summed E-state index contributed by atoms with van der Waals surface area (Å²) in [5.74, 6) is 0.806. The molecule has 22 heavy (non-hydrogen) atoms. The highest BCUT2D eigenvalue weighted by Crippen LogP contribution is 2.22. The Morgan fingerprint density at radius 2 is 2.05 bits per heavy atom. The lowest BCUT2D eigenvalue weighted by atomic mass is 9.84. The molecule has 0 heterocycles. The van der Waals surface area contributed by atoms with Crippen LogP contribution in [0, 0.1) is 6.92 Å². The summed E-state index contributed by atoms with van der Waals surface area (Å²) >= 11 is 0. The van der Waals surface area contributed by atoms with Crippen molar-refractivity contribution in [3.05, 3.63) is 35.4 Å². The molecule has 5 heteroatoms. The smallest absolute Gasteiger partial charge is 0.191 e. The van der Waals surface area contributed by atoms with Crippen LogP contribution in [0.2, 0.25) is 0 Å². The van der Waals surface area contributed by atoms with E-state index in [2.05, 4.69) is 67.6 Å². The zero-order valence-electron chi connectivity index (χ0n) is 14.6. The molecule has 0 fully saturated rings. The van der Waals surface area contributed by atoms with E-state index >= 15 is 0 Å². The second-order valence-electron chi connectivity index (χ2n) is 6.18. The maximum Gasteiger partial charge on any atom is 0.191 e. The summed E-state index contributed by atoms with van der Waals surface area (Å²) in [5, 5.41) is 6.72. The Hall–Kier alpha value is -0.820. The molecule has 0 aromatic heterocycles. The Bertz CT molecular complexity index is 475. The van der Waals surface area contributed by atoms with Crippen molar-refractivity contribution in [3.8, 4) is 0 Å². The topological polar surface area (TPSA) is 45.7 Å². The Morgan fingerprint density at radius 3 is 2.59 bits per heavy atom. The van der Waals surface area contributed by atoms with Gasteiger partial charge in [0.15, 0.2) is 5.96 Å². The Kier molecular flexibility index (Phi) is 9.67. The predicted octanol–water partition coefficient (Wildman–Crippen LogP) is 3.09. The van der Waals surface area contributed by atoms with Crippen molar-refractivity contribution in [2.45, 2.75) is 39.2 Å². The lowest BCUT2D eigenvalue weighted by Crippen LogP contribution is -2.47. The molecule has 4 nitrogen and oxygen atoms in total. The van der Waals surface area contributed by atoms with Crippen LogP contribution in [0.1, 0.15) is 31.9 Å². The van der Waals surface area contributed by atoms with E-state index in [0.717, 1.165) is 12.5 Å². The van der Waals surface area contributed by atoms with Gasteiger partial charge in [0.25, 0.3) is 0 Å². The fraction of sp³-hybridized carbons (Fsp3) is 0.588. The van der Waals surface area contributed by atoms with Gasteiger partial charge in [-0.15, -0.1) is 24.0 Å². The number of rotatable bonds is 6. The molecule has 1 aromatic carbocycles. The summed E-state index contributed by atoms with van der Waals surface area (Å²) in [6.45, 7) is 10.1. The molecule has 0 spiro atoms. The van der Waals surface area contributed by atoms with Crippen LogP contribution in [-0.2, 0) is 10.2 Å². The fourth-order valence-corrected chi connectivity index (χ4v) is 2.19. The van der Waals surface area contributed by atoms with Crippen molar-refractivity contribution in [2.75, 3.05) is 27.3 Å². The standard InChI is InChI=1S/C17H29N3O.HI/c1-13-8-7-9-15(10-13)17(3,4)12-19-16(18-5)20-14(2)11-21-6;/h7-10,14H,11-12H2,1-6H3,(H2,18,19,20);1H. The van der Waals surface area contributed by atoms with Crippen LogP contribution in [-0.4, -0.2) is 39.3 Å². The normalized spacial score (nSPS) is 13.3. The third-order valence-electron chi connectivity index (χ3n) is 3.52. The third-order valence-corrected chi connectivity index (χ3v) is 3.52. The molecular formula is C17H30IN3O. The Labute approximate surface area is 152 Å². The molecule has 0 aliphatic carbocycles. The van der Waals surface area contributed by atoms with Crippen molar-refractivity contribution in [1.29, 1.82) is 0 Å². The van der Waals surface area contributed by atoms with Crippen LogP contribution in [0.5, 0.6) is 0 Å². The monoisotopic (exact) mass is 419 g/mol. The summed E-state index contributed by atoms with van der Waals surface area (Å²) < 4.78 is 5.13. The highest BCUT2D eigenvalue weighted by molar-refractivity contribution is 14.0. The van der Waals surface area contributed by atoms with E-state index in [1.807, 2.05) is 0 Å². The van der Waals surface area contributed by atoms with Crippen molar-refractivity contribution < 1.29 is 4.74 Å². The Morgan fingerprint density at radius 1 is 1.36 bits per heavy atom. The molecule has 1 aromatic rings. The number of methoxy groups -OCH3 is 1. The third kappa shape index (κ3) is 6.96. The summed E-state index contributed by atoms with van der Waals surface area (Å²) in [7, 11) is 3.49. The van der Waals surface area contributed by atoms with Gasteiger partial charge in [-0.05, 0) is 19.4 Å². The van der Waals surface area contributed by atoms with Crippen molar-refractivity contribution in [3.63, 3.8) is 0 Å². The molecule has 1 rings (SSSR count). The molecule has 0 bridgehead atoms. The first-order valence-corrected chi connectivity index (χ1v) is 7.42. The van der Waals surface area contributed by atoms with Crippen molar-refractivity contribution in [2.24, 2.45) is 4.99 Å². The van der Waals surface area contributed by atoms with Crippen LogP contribution in [0.15, 0.2) is 29.3 Å². The summed E-state index contributed by atoms with van der Waals surface area (Å²) in [5.41, 5.74) is 2.65. The summed E-state index contributed by atoms with van der Waals surface area (Å²) in [4.78, 5) is 4.26. The molecule has 0 aliphatic rings. The van der Waals surface area contributed by atoms with Crippen molar-refractivity contribution in [1.82, 2.24) is 10.6 Å². The molecule has 126 valence electrons. The molecule has 0 saturated heterocycles. The van der Waals surface area contributed by atoms with Gasteiger partial charge in [0.2, 0.25) is 0 Å². The van der Waals surface area contributed by atoms with E-state index in [4.69, 9.17) is 4.74 Å². The average molecular weight is 419 g/mol. The van der Waals surface area contributed by atoms with Crippen LogP contribution in [0.3, 0.4) is 0 Å². The van der Waals surface area contributed by atoms with E-state index in [1.165, 1.54) is 11.1 Å². The van der Waals surface area contributed by atoms with Gasteiger partial charge >= 0.3 is 0 Å². The van der Waals surface area contributed by atoms with Gasteiger partial charge < -0.3 is 15.4 Å². The highest BCUT2D eigenvalue weighted by atomic mass is 127. The SMILES string of the molecule is CN=C(NCC(C)(C)c1cccc(C)c1)NC(C)COC.I. The van der Waals surface area contributed by atoms with Crippen LogP contribution >= 0.6 is 24.0 Å². The summed E-state index contributed by atoms with van der Waals surface area (Å²) in [6, 6.07) is 8.88. The second-order valence-corrected chi connectivity index (χ2v) is 6.18. The number of guanidine groups is 1. The number of nitrogens with zero attached hydrogens (tertiary/aromatic N) is 1. The molecule has 1 atom stereocenters. The van der Waals surface area contributed by atoms with Gasteiger partial charge in [0.1, 0.15) is 0 Å². The largest absolute Gasteiger partial charge is 0.383 e. The lowest BCUT2D eigenvalue weighted by molar-refractivity contribution is 0.179. The van der Waals surface area contributed by atoms with E-state index in [9.17, 15) is 0 Å². The first kappa shape index (κ1) is 21.2. The maximum absolute atomic E-state index is 5.13. The molecule has 0 saturated carbocycles. The van der Waals surface area contributed by atoms with E-state index in [1.54, 1.807) is 14.2 Å². The van der Waals surface area contributed by atoms with Crippen molar-refractivity contribution >= 4 is 29.9 Å². The number of aliphatic imine (C=N–C) groups is 1. The van der Waals surface area contributed by atoms with Gasteiger partial charge in [0, 0.05) is 32.2 Å². The van der Waals surface area contributed by atoms with Gasteiger partial charge in [-0.1, -0.05) is 43.7 Å². The van der Waals surface area contributed by atoms with E-state index in [0.29, 0.717) is 6.61 Å². The predicted molar refractivity (Wildman–Crippen MR) is 105 cm³/mol. The summed E-state index contributed by atoms with van der Waals surface area (Å²) in [6.07, 6.45) is 0. The zero-order chi connectivity index (χ0) is 15.9. The number of halogens is 1.